The van der Waals surface area contributed by atoms with Crippen LogP contribution in [0.3, 0.4) is 0 Å². The lowest BCUT2D eigenvalue weighted by Crippen LogP contribution is -2.31. The third-order valence-corrected chi connectivity index (χ3v) is 1.89. The summed E-state index contributed by atoms with van der Waals surface area (Å²) in [5.41, 5.74) is 0. The Morgan fingerprint density at radius 1 is 1.23 bits per heavy atom. The van der Waals surface area contributed by atoms with E-state index >= 15 is 0 Å². The quantitative estimate of drug-likeness (QED) is 0.650. The molecule has 0 rings (SSSR count). The van der Waals surface area contributed by atoms with Gasteiger partial charge in [-0.1, -0.05) is 26.7 Å². The van der Waals surface area contributed by atoms with E-state index in [-0.39, 0.29) is 0 Å². The van der Waals surface area contributed by atoms with Gasteiger partial charge < -0.3 is 5.11 Å². The minimum atomic E-state index is -3.30. The summed E-state index contributed by atoms with van der Waals surface area (Å²) in [4.78, 5) is 0. The molecule has 0 saturated heterocycles. The van der Waals surface area contributed by atoms with E-state index in [0.29, 0.717) is 18.8 Å². The molecule has 0 amide bonds. The first-order chi connectivity index (χ1) is 5.86. The molecule has 0 aliphatic rings. The molecule has 0 aliphatic carbocycles. The Kier molecular flexibility index (Phi) is 5.37. The van der Waals surface area contributed by atoms with Crippen LogP contribution in [0.15, 0.2) is 0 Å². The third kappa shape index (κ3) is 5.91. The molecule has 0 heterocycles. The Labute approximate surface area is 76.9 Å². The molecule has 0 bridgehead atoms. The highest BCUT2D eigenvalue weighted by atomic mass is 19.3. The summed E-state index contributed by atoms with van der Waals surface area (Å²) < 4.78 is 36.1. The molecule has 1 N–H and O–H groups in total. The SMILES string of the molecule is CC(C)CCCCC(O)(F)C(F)F. The molecule has 1 nitrogen and oxygen atoms in total. The molecule has 0 aromatic carbocycles. The number of hydrogen-bond acceptors (Lipinski definition) is 1. The lowest BCUT2D eigenvalue weighted by molar-refractivity contribution is -0.190. The van der Waals surface area contributed by atoms with Gasteiger partial charge in [0.15, 0.2) is 0 Å². The van der Waals surface area contributed by atoms with Gasteiger partial charge in [0.1, 0.15) is 0 Å². The average Bonchev–Trinajstić information content (AvgIpc) is 1.97. The second kappa shape index (κ2) is 5.47. The van der Waals surface area contributed by atoms with Crippen molar-refractivity contribution in [2.45, 2.75) is 51.8 Å². The number of unbranched alkanes of at least 4 members (excludes halogenated alkanes) is 1. The van der Waals surface area contributed by atoms with E-state index in [4.69, 9.17) is 5.11 Å². The molecule has 1 unspecified atom stereocenters. The van der Waals surface area contributed by atoms with E-state index in [1.54, 1.807) is 0 Å². The molecular formula is C9H17F3O. The van der Waals surface area contributed by atoms with Gasteiger partial charge in [-0.25, -0.2) is 13.2 Å². The van der Waals surface area contributed by atoms with Crippen LogP contribution < -0.4 is 0 Å². The topological polar surface area (TPSA) is 20.2 Å². The van der Waals surface area contributed by atoms with E-state index in [0.717, 1.165) is 6.42 Å². The van der Waals surface area contributed by atoms with Crippen molar-refractivity contribution >= 4 is 0 Å². The smallest absolute Gasteiger partial charge is 0.296 e. The normalized spacial score (nSPS) is 16.6. The lowest BCUT2D eigenvalue weighted by Gasteiger charge is -2.17. The van der Waals surface area contributed by atoms with Crippen LogP contribution in [0, 0.1) is 5.92 Å². The van der Waals surface area contributed by atoms with Crippen molar-refractivity contribution < 1.29 is 18.3 Å². The molecule has 0 fully saturated rings. The van der Waals surface area contributed by atoms with Gasteiger partial charge in [-0.2, -0.15) is 0 Å². The zero-order chi connectivity index (χ0) is 10.5. The van der Waals surface area contributed by atoms with E-state index < -0.39 is 18.7 Å². The summed E-state index contributed by atoms with van der Waals surface area (Å²) >= 11 is 0. The monoisotopic (exact) mass is 198 g/mol. The maximum atomic E-state index is 12.5. The highest BCUT2D eigenvalue weighted by molar-refractivity contribution is 4.67. The van der Waals surface area contributed by atoms with E-state index in [1.807, 2.05) is 13.8 Å². The number of alkyl halides is 3. The van der Waals surface area contributed by atoms with Crippen molar-refractivity contribution in [2.24, 2.45) is 5.92 Å². The van der Waals surface area contributed by atoms with Gasteiger partial charge in [-0.15, -0.1) is 0 Å². The third-order valence-electron chi connectivity index (χ3n) is 1.89. The van der Waals surface area contributed by atoms with Crippen LogP contribution in [0.4, 0.5) is 13.2 Å². The molecule has 1 atom stereocenters. The first kappa shape index (κ1) is 12.8. The van der Waals surface area contributed by atoms with Crippen LogP contribution in [-0.2, 0) is 0 Å². The second-order valence-electron chi connectivity index (χ2n) is 3.76. The molecule has 4 heteroatoms. The van der Waals surface area contributed by atoms with Gasteiger partial charge in [0.2, 0.25) is 0 Å². The Bertz CT molecular complexity index is 135. The van der Waals surface area contributed by atoms with Crippen molar-refractivity contribution in [3.05, 3.63) is 0 Å². The van der Waals surface area contributed by atoms with Crippen LogP contribution >= 0.6 is 0 Å². The summed E-state index contributed by atoms with van der Waals surface area (Å²) in [5, 5.41) is 8.54. The van der Waals surface area contributed by atoms with Crippen molar-refractivity contribution in [1.82, 2.24) is 0 Å². The van der Waals surface area contributed by atoms with Crippen LogP contribution in [0.5, 0.6) is 0 Å². The lowest BCUT2D eigenvalue weighted by atomic mass is 10.0. The molecule has 0 aromatic heterocycles. The molecule has 0 radical (unpaired) electrons. The van der Waals surface area contributed by atoms with Gasteiger partial charge >= 0.3 is 0 Å². The average molecular weight is 198 g/mol. The zero-order valence-corrected chi connectivity index (χ0v) is 8.06. The van der Waals surface area contributed by atoms with E-state index in [9.17, 15) is 13.2 Å². The summed E-state index contributed by atoms with van der Waals surface area (Å²) in [6.45, 7) is 4.02. The van der Waals surface area contributed by atoms with Gasteiger partial charge in [-0.05, 0) is 12.3 Å². The Hall–Kier alpha value is -0.250. The summed E-state index contributed by atoms with van der Waals surface area (Å²) in [5.74, 6) is -2.81. The first-order valence-electron chi connectivity index (χ1n) is 4.55. The molecule has 0 spiro atoms. The van der Waals surface area contributed by atoms with Crippen molar-refractivity contribution in [1.29, 1.82) is 0 Å². The van der Waals surface area contributed by atoms with Crippen molar-refractivity contribution in [3.8, 4) is 0 Å². The van der Waals surface area contributed by atoms with Crippen molar-refractivity contribution in [2.75, 3.05) is 0 Å². The summed E-state index contributed by atoms with van der Waals surface area (Å²) in [7, 11) is 0. The molecule has 0 saturated carbocycles. The number of hydrogen-bond donors (Lipinski definition) is 1. The fourth-order valence-corrected chi connectivity index (χ4v) is 1.03. The minimum absolute atomic E-state index is 0.301. The van der Waals surface area contributed by atoms with Crippen LogP contribution in [0.25, 0.3) is 0 Å². The highest BCUT2D eigenvalue weighted by Gasteiger charge is 2.36. The Morgan fingerprint density at radius 3 is 2.15 bits per heavy atom. The van der Waals surface area contributed by atoms with E-state index in [1.165, 1.54) is 0 Å². The van der Waals surface area contributed by atoms with Crippen LogP contribution in [0.1, 0.15) is 39.5 Å². The Morgan fingerprint density at radius 2 is 1.77 bits per heavy atom. The summed E-state index contributed by atoms with van der Waals surface area (Å²) in [6.07, 6.45) is -1.92. The second-order valence-corrected chi connectivity index (χ2v) is 3.76. The zero-order valence-electron chi connectivity index (χ0n) is 8.06. The van der Waals surface area contributed by atoms with Gasteiger partial charge in [-0.3, -0.25) is 0 Å². The van der Waals surface area contributed by atoms with E-state index in [2.05, 4.69) is 0 Å². The van der Waals surface area contributed by atoms with Crippen LogP contribution in [0.2, 0.25) is 0 Å². The fraction of sp³-hybridized carbons (Fsp3) is 1.00. The standard InChI is InChI=1S/C9H17F3O/c1-7(2)5-3-4-6-9(12,13)8(10)11/h7-8,13H,3-6H2,1-2H3. The summed E-state index contributed by atoms with van der Waals surface area (Å²) in [6, 6.07) is 0. The number of halogens is 3. The molecule has 0 aromatic rings. The van der Waals surface area contributed by atoms with Gasteiger partial charge in [0, 0.05) is 6.42 Å². The maximum absolute atomic E-state index is 12.5. The largest absolute Gasteiger partial charge is 0.357 e. The minimum Gasteiger partial charge on any atom is -0.357 e. The molecule has 80 valence electrons. The first-order valence-corrected chi connectivity index (χ1v) is 4.55. The Balaban J connectivity index is 3.52. The number of rotatable bonds is 6. The molecule has 0 aliphatic heterocycles. The molecular weight excluding hydrogens is 181 g/mol. The van der Waals surface area contributed by atoms with Gasteiger partial charge in [0.25, 0.3) is 12.3 Å². The number of aliphatic hydroxyl groups is 1. The molecule has 13 heavy (non-hydrogen) atoms. The fourth-order valence-electron chi connectivity index (χ4n) is 1.03. The highest BCUT2D eigenvalue weighted by Crippen LogP contribution is 2.24. The predicted octanol–water partition coefficient (Wildman–Crippen LogP) is 3.13. The maximum Gasteiger partial charge on any atom is 0.296 e. The van der Waals surface area contributed by atoms with Crippen LogP contribution in [-0.4, -0.2) is 17.4 Å². The van der Waals surface area contributed by atoms with Crippen molar-refractivity contribution in [3.63, 3.8) is 0 Å². The predicted molar refractivity (Wildman–Crippen MR) is 45.4 cm³/mol. The van der Waals surface area contributed by atoms with Gasteiger partial charge in [0.05, 0.1) is 0 Å².